The van der Waals surface area contributed by atoms with Gasteiger partial charge in [0, 0.05) is 6.08 Å². The lowest BCUT2D eigenvalue weighted by Gasteiger charge is -1.93. The molecule has 0 atom stereocenters. The molecule has 1 aliphatic heterocycles. The number of cyclic esters (lactones) is 2. The summed E-state index contributed by atoms with van der Waals surface area (Å²) in [6, 6.07) is 0. The second kappa shape index (κ2) is 2.53. The van der Waals surface area contributed by atoms with Gasteiger partial charge in [-0.15, -0.1) is 0 Å². The number of rotatable bonds is 1. The predicted molar refractivity (Wildman–Crippen MR) is 31.2 cm³/mol. The quantitative estimate of drug-likeness (QED) is 0.281. The van der Waals surface area contributed by atoms with Gasteiger partial charge in [0.25, 0.3) is 0 Å². The maximum Gasteiger partial charge on any atom is 0.353 e. The molecule has 0 spiro atoms. The molecule has 1 heterocycles. The van der Waals surface area contributed by atoms with Crippen LogP contribution in [-0.4, -0.2) is 25.0 Å². The first-order chi connectivity index (χ1) is 5.15. The van der Waals surface area contributed by atoms with Crippen molar-refractivity contribution < 1.29 is 23.9 Å². The van der Waals surface area contributed by atoms with Crippen molar-refractivity contribution in [3.05, 3.63) is 11.6 Å². The van der Waals surface area contributed by atoms with Crippen LogP contribution in [0.2, 0.25) is 0 Å². The summed E-state index contributed by atoms with van der Waals surface area (Å²) in [5.41, 5.74) is -0.363. The highest BCUT2D eigenvalue weighted by Gasteiger charge is 2.29. The molecule has 0 fully saturated rings. The molecule has 0 bridgehead atoms. The monoisotopic (exact) mass is 156 g/mol. The lowest BCUT2D eigenvalue weighted by molar-refractivity contribution is -0.151. The van der Waals surface area contributed by atoms with E-state index in [2.05, 4.69) is 9.47 Å². The van der Waals surface area contributed by atoms with Gasteiger partial charge in [0.1, 0.15) is 0 Å². The van der Waals surface area contributed by atoms with Gasteiger partial charge in [-0.1, -0.05) is 0 Å². The van der Waals surface area contributed by atoms with Crippen LogP contribution in [0.3, 0.4) is 0 Å². The zero-order chi connectivity index (χ0) is 8.43. The van der Waals surface area contributed by atoms with Gasteiger partial charge in [0.2, 0.25) is 0 Å². The van der Waals surface area contributed by atoms with Gasteiger partial charge in [-0.3, -0.25) is 0 Å². The molecule has 0 saturated carbocycles. The summed E-state index contributed by atoms with van der Waals surface area (Å²) in [6.07, 6.45) is 0.800. The van der Waals surface area contributed by atoms with Crippen molar-refractivity contribution in [3.8, 4) is 0 Å². The lowest BCUT2D eigenvalue weighted by atomic mass is 10.3. The van der Waals surface area contributed by atoms with Crippen molar-refractivity contribution in [1.82, 2.24) is 0 Å². The third kappa shape index (κ3) is 1.26. The highest BCUT2D eigenvalue weighted by molar-refractivity contribution is 6.23. The maximum absolute atomic E-state index is 10.6. The smallest absolute Gasteiger partial charge is 0.353 e. The van der Waals surface area contributed by atoms with Crippen LogP contribution in [0.25, 0.3) is 0 Å². The lowest BCUT2D eigenvalue weighted by Crippen LogP contribution is -2.11. The highest BCUT2D eigenvalue weighted by Crippen LogP contribution is 2.08. The zero-order valence-electron chi connectivity index (χ0n) is 5.62. The van der Waals surface area contributed by atoms with Gasteiger partial charge in [0.05, 0.1) is 7.11 Å². The third-order valence-corrected chi connectivity index (χ3v) is 1.08. The number of carbonyl (C=O) groups excluding carboxylic acids is 3. The minimum Gasteiger partial charge on any atom is -0.465 e. The molecule has 0 amide bonds. The molecule has 1 aliphatic rings. The van der Waals surface area contributed by atoms with Crippen LogP contribution in [0, 0.1) is 0 Å². The molecule has 0 aromatic carbocycles. The van der Waals surface area contributed by atoms with Crippen molar-refractivity contribution in [3.63, 3.8) is 0 Å². The largest absolute Gasteiger partial charge is 0.465 e. The van der Waals surface area contributed by atoms with Gasteiger partial charge < -0.3 is 9.47 Å². The van der Waals surface area contributed by atoms with Crippen molar-refractivity contribution in [1.29, 1.82) is 0 Å². The van der Waals surface area contributed by atoms with E-state index >= 15 is 0 Å². The summed E-state index contributed by atoms with van der Waals surface area (Å²) in [5.74, 6) is -2.65. The Kier molecular flexibility index (Phi) is 1.72. The molecule has 0 aliphatic carbocycles. The molecule has 5 heteroatoms. The van der Waals surface area contributed by atoms with E-state index in [1.807, 2.05) is 0 Å². The van der Waals surface area contributed by atoms with E-state index in [1.54, 1.807) is 0 Å². The average Bonchev–Trinajstić information content (AvgIpc) is 2.28. The zero-order valence-corrected chi connectivity index (χ0v) is 5.62. The standard InChI is InChI=1S/C6H4O5/c1-10-5(8)3-2-4(7)11-6(3)9/h2H,1H3. The molecular formula is C6H4O5. The number of esters is 3. The fraction of sp³-hybridized carbons (Fsp3) is 0.167. The number of methoxy groups -OCH3 is 1. The van der Waals surface area contributed by atoms with Crippen LogP contribution in [0.5, 0.6) is 0 Å². The van der Waals surface area contributed by atoms with Crippen LogP contribution in [0.1, 0.15) is 0 Å². The molecule has 0 N–H and O–H groups in total. The van der Waals surface area contributed by atoms with Crippen LogP contribution >= 0.6 is 0 Å². The normalized spacial score (nSPS) is 15.9. The summed E-state index contributed by atoms with van der Waals surface area (Å²) in [5, 5.41) is 0. The average molecular weight is 156 g/mol. The van der Waals surface area contributed by atoms with E-state index < -0.39 is 17.9 Å². The molecular weight excluding hydrogens is 152 g/mol. The molecule has 58 valence electrons. The summed E-state index contributed by atoms with van der Waals surface area (Å²) in [7, 11) is 1.11. The number of carbonyl (C=O) groups is 3. The SMILES string of the molecule is COC(=O)C1=CC(=O)OC1=O. The van der Waals surface area contributed by atoms with Crippen molar-refractivity contribution in [2.45, 2.75) is 0 Å². The van der Waals surface area contributed by atoms with Gasteiger partial charge in [-0.25, -0.2) is 14.4 Å². The predicted octanol–water partition coefficient (Wildman–Crippen LogP) is -0.831. The first-order valence-electron chi connectivity index (χ1n) is 2.71. The van der Waals surface area contributed by atoms with Crippen molar-refractivity contribution in [2.75, 3.05) is 7.11 Å². The Bertz CT molecular complexity index is 262. The Morgan fingerprint density at radius 1 is 1.55 bits per heavy atom. The van der Waals surface area contributed by atoms with Crippen LogP contribution in [0.4, 0.5) is 0 Å². The van der Waals surface area contributed by atoms with E-state index in [4.69, 9.17) is 0 Å². The second-order valence-electron chi connectivity index (χ2n) is 1.76. The van der Waals surface area contributed by atoms with Crippen molar-refractivity contribution in [2.24, 2.45) is 0 Å². The fourth-order valence-electron chi connectivity index (χ4n) is 0.605. The Labute approximate surface area is 61.6 Å². The molecule has 5 nitrogen and oxygen atoms in total. The maximum atomic E-state index is 10.6. The molecule has 0 aromatic rings. The first kappa shape index (κ1) is 7.46. The molecule has 0 unspecified atom stereocenters. The number of ether oxygens (including phenoxy) is 2. The Morgan fingerprint density at radius 3 is 2.55 bits per heavy atom. The Hall–Kier alpha value is -1.65. The molecule has 0 radical (unpaired) electrons. The van der Waals surface area contributed by atoms with Crippen molar-refractivity contribution >= 4 is 17.9 Å². The summed E-state index contributed by atoms with van der Waals surface area (Å²) >= 11 is 0. The summed E-state index contributed by atoms with van der Waals surface area (Å²) in [4.78, 5) is 31.6. The van der Waals surface area contributed by atoms with E-state index in [-0.39, 0.29) is 5.57 Å². The van der Waals surface area contributed by atoms with E-state index in [9.17, 15) is 14.4 Å². The fourth-order valence-corrected chi connectivity index (χ4v) is 0.605. The van der Waals surface area contributed by atoms with Gasteiger partial charge in [-0.2, -0.15) is 0 Å². The van der Waals surface area contributed by atoms with Gasteiger partial charge >= 0.3 is 17.9 Å². The van der Waals surface area contributed by atoms with E-state index in [0.717, 1.165) is 13.2 Å². The number of hydrogen-bond acceptors (Lipinski definition) is 5. The van der Waals surface area contributed by atoms with Crippen LogP contribution in [-0.2, 0) is 23.9 Å². The summed E-state index contributed by atoms with van der Waals surface area (Å²) < 4.78 is 8.22. The molecule has 0 saturated heterocycles. The first-order valence-corrected chi connectivity index (χ1v) is 2.71. The highest BCUT2D eigenvalue weighted by atomic mass is 16.6. The molecule has 1 rings (SSSR count). The minimum absolute atomic E-state index is 0.363. The Balaban J connectivity index is 2.88. The second-order valence-corrected chi connectivity index (χ2v) is 1.76. The molecule has 11 heavy (non-hydrogen) atoms. The van der Waals surface area contributed by atoms with Crippen LogP contribution < -0.4 is 0 Å². The van der Waals surface area contributed by atoms with E-state index in [0.29, 0.717) is 0 Å². The topological polar surface area (TPSA) is 69.7 Å². The van der Waals surface area contributed by atoms with Gasteiger partial charge in [0.15, 0.2) is 5.57 Å². The summed E-state index contributed by atoms with van der Waals surface area (Å²) in [6.45, 7) is 0. The number of hydrogen-bond donors (Lipinski definition) is 0. The minimum atomic E-state index is -0.957. The van der Waals surface area contributed by atoms with Gasteiger partial charge in [-0.05, 0) is 0 Å². The third-order valence-electron chi connectivity index (χ3n) is 1.08. The van der Waals surface area contributed by atoms with Crippen LogP contribution in [0.15, 0.2) is 11.6 Å². The molecule has 0 aromatic heterocycles. The Morgan fingerprint density at radius 2 is 2.18 bits per heavy atom. The van der Waals surface area contributed by atoms with E-state index in [1.165, 1.54) is 0 Å².